The smallest absolute Gasteiger partial charge is 0.264 e. The van der Waals surface area contributed by atoms with Crippen LogP contribution in [-0.2, 0) is 21.4 Å². The van der Waals surface area contributed by atoms with Crippen LogP contribution in [0.25, 0.3) is 0 Å². The topological polar surface area (TPSA) is 97.3 Å². The number of nitrogens with zero attached hydrogens (tertiary/aromatic N) is 2. The number of halogens is 1. The molecule has 0 aliphatic rings. The zero-order valence-corrected chi connectivity index (χ0v) is 22.6. The fraction of sp³-hybridized carbons (Fsp3) is 0.133. The summed E-state index contributed by atoms with van der Waals surface area (Å²) in [6.45, 7) is 1.95. The van der Waals surface area contributed by atoms with Crippen molar-refractivity contribution in [2.75, 3.05) is 17.5 Å². The van der Waals surface area contributed by atoms with E-state index in [-0.39, 0.29) is 10.6 Å². The lowest BCUT2D eigenvalue weighted by Crippen LogP contribution is -2.40. The van der Waals surface area contributed by atoms with Crippen molar-refractivity contribution in [1.82, 2.24) is 5.43 Å². The maximum atomic E-state index is 14.6. The van der Waals surface area contributed by atoms with Gasteiger partial charge in [0.15, 0.2) is 11.5 Å². The number of rotatable bonds is 12. The van der Waals surface area contributed by atoms with Crippen LogP contribution in [0.15, 0.2) is 113 Å². The first-order valence-corrected chi connectivity index (χ1v) is 13.9. The van der Waals surface area contributed by atoms with Gasteiger partial charge in [-0.2, -0.15) is 5.10 Å². The number of para-hydroxylation sites is 1. The summed E-state index contributed by atoms with van der Waals surface area (Å²) in [6, 6.07) is 27.8. The highest BCUT2D eigenvalue weighted by atomic mass is 32.2. The number of amides is 1. The van der Waals surface area contributed by atoms with Gasteiger partial charge in [-0.25, -0.2) is 18.2 Å². The summed E-state index contributed by atoms with van der Waals surface area (Å²) >= 11 is 0. The number of benzene rings is 4. The average Bonchev–Trinajstić information content (AvgIpc) is 2.97. The molecule has 8 nitrogen and oxygen atoms in total. The van der Waals surface area contributed by atoms with Gasteiger partial charge < -0.3 is 9.47 Å². The van der Waals surface area contributed by atoms with Gasteiger partial charge in [0.2, 0.25) is 0 Å². The Hall–Kier alpha value is -4.70. The first-order chi connectivity index (χ1) is 19.4. The van der Waals surface area contributed by atoms with Gasteiger partial charge in [-0.05, 0) is 60.5 Å². The zero-order valence-electron chi connectivity index (χ0n) is 21.7. The highest BCUT2D eigenvalue weighted by Gasteiger charge is 2.28. The Morgan fingerprint density at radius 2 is 1.57 bits per heavy atom. The minimum absolute atomic E-state index is 0.0763. The highest BCUT2D eigenvalue weighted by molar-refractivity contribution is 7.92. The molecule has 40 heavy (non-hydrogen) atoms. The molecule has 4 aromatic rings. The molecule has 0 spiro atoms. The molecule has 1 N–H and O–H groups in total. The molecule has 0 radical (unpaired) electrons. The molecule has 0 aromatic heterocycles. The van der Waals surface area contributed by atoms with Crippen molar-refractivity contribution in [2.45, 2.75) is 18.4 Å². The molecule has 0 saturated carbocycles. The summed E-state index contributed by atoms with van der Waals surface area (Å²) < 4.78 is 53.5. The van der Waals surface area contributed by atoms with E-state index < -0.39 is 28.3 Å². The van der Waals surface area contributed by atoms with E-state index in [1.807, 2.05) is 37.3 Å². The van der Waals surface area contributed by atoms with Gasteiger partial charge in [-0.3, -0.25) is 9.10 Å². The van der Waals surface area contributed by atoms with Crippen molar-refractivity contribution < 1.29 is 27.1 Å². The SMILES string of the molecule is CCOc1cc(/C=N\NC(=O)CN(c2ccccc2F)S(=O)(=O)c2ccccc2)ccc1OCc1ccccc1. The van der Waals surface area contributed by atoms with Crippen molar-refractivity contribution in [3.05, 3.63) is 120 Å². The molecule has 4 aromatic carbocycles. The second-order valence-electron chi connectivity index (χ2n) is 8.48. The highest BCUT2D eigenvalue weighted by Crippen LogP contribution is 2.29. The Morgan fingerprint density at radius 1 is 0.900 bits per heavy atom. The lowest BCUT2D eigenvalue weighted by Gasteiger charge is -2.24. The van der Waals surface area contributed by atoms with E-state index in [1.54, 1.807) is 36.4 Å². The van der Waals surface area contributed by atoms with Crippen molar-refractivity contribution in [2.24, 2.45) is 5.10 Å². The summed E-state index contributed by atoms with van der Waals surface area (Å²) in [5, 5.41) is 3.95. The molecule has 0 unspecified atom stereocenters. The fourth-order valence-electron chi connectivity index (χ4n) is 3.75. The minimum atomic E-state index is -4.24. The van der Waals surface area contributed by atoms with E-state index in [9.17, 15) is 17.6 Å². The van der Waals surface area contributed by atoms with E-state index in [1.165, 1.54) is 36.5 Å². The molecule has 0 heterocycles. The molecule has 0 aliphatic carbocycles. The number of carbonyl (C=O) groups excluding carboxylic acids is 1. The molecule has 0 atom stereocenters. The second kappa shape index (κ2) is 13.4. The van der Waals surface area contributed by atoms with Crippen LogP contribution in [0, 0.1) is 5.82 Å². The van der Waals surface area contributed by atoms with Crippen LogP contribution in [0.1, 0.15) is 18.1 Å². The predicted octanol–water partition coefficient (Wildman–Crippen LogP) is 5.15. The van der Waals surface area contributed by atoms with Crippen molar-refractivity contribution in [1.29, 1.82) is 0 Å². The Kier molecular flexibility index (Phi) is 9.48. The summed E-state index contributed by atoms with van der Waals surface area (Å²) in [7, 11) is -4.24. The lowest BCUT2D eigenvalue weighted by molar-refractivity contribution is -0.119. The van der Waals surface area contributed by atoms with Gasteiger partial charge in [0.1, 0.15) is 19.0 Å². The van der Waals surface area contributed by atoms with E-state index in [0.29, 0.717) is 34.6 Å². The molecular weight excluding hydrogens is 533 g/mol. The van der Waals surface area contributed by atoms with Crippen molar-refractivity contribution >= 4 is 27.8 Å². The Labute approximate surface area is 232 Å². The van der Waals surface area contributed by atoms with Gasteiger partial charge in [0.25, 0.3) is 15.9 Å². The van der Waals surface area contributed by atoms with Crippen molar-refractivity contribution in [3.63, 3.8) is 0 Å². The number of hydrogen-bond donors (Lipinski definition) is 1. The number of hydrogen-bond acceptors (Lipinski definition) is 6. The van der Waals surface area contributed by atoms with Crippen LogP contribution in [0.5, 0.6) is 11.5 Å². The molecule has 0 bridgehead atoms. The molecule has 0 aliphatic heterocycles. The number of hydrazone groups is 1. The number of ether oxygens (including phenoxy) is 2. The third kappa shape index (κ3) is 7.23. The Bertz CT molecular complexity index is 1570. The normalized spacial score (nSPS) is 11.2. The summed E-state index contributed by atoms with van der Waals surface area (Å²) in [6.07, 6.45) is 1.39. The first kappa shape index (κ1) is 28.3. The van der Waals surface area contributed by atoms with Crippen LogP contribution < -0.4 is 19.2 Å². The molecule has 1 amide bonds. The minimum Gasteiger partial charge on any atom is -0.490 e. The maximum Gasteiger partial charge on any atom is 0.264 e. The lowest BCUT2D eigenvalue weighted by atomic mass is 10.2. The summed E-state index contributed by atoms with van der Waals surface area (Å²) in [5.41, 5.74) is 3.69. The van der Waals surface area contributed by atoms with Crippen LogP contribution in [0.3, 0.4) is 0 Å². The Morgan fingerprint density at radius 3 is 2.27 bits per heavy atom. The van der Waals surface area contributed by atoms with Crippen LogP contribution >= 0.6 is 0 Å². The van der Waals surface area contributed by atoms with Crippen LogP contribution in [0.2, 0.25) is 0 Å². The molecule has 4 rings (SSSR count). The molecular formula is C30H28FN3O5S. The predicted molar refractivity (Wildman–Crippen MR) is 151 cm³/mol. The summed E-state index contributed by atoms with van der Waals surface area (Å²) in [5.74, 6) is -0.477. The number of carbonyl (C=O) groups is 1. The van der Waals surface area contributed by atoms with E-state index in [4.69, 9.17) is 9.47 Å². The van der Waals surface area contributed by atoms with Crippen LogP contribution in [0.4, 0.5) is 10.1 Å². The maximum absolute atomic E-state index is 14.6. The zero-order chi connectivity index (χ0) is 28.4. The third-order valence-electron chi connectivity index (χ3n) is 5.65. The number of anilines is 1. The monoisotopic (exact) mass is 561 g/mol. The fourth-order valence-corrected chi connectivity index (χ4v) is 5.20. The Balaban J connectivity index is 1.47. The number of nitrogens with one attached hydrogen (secondary N) is 1. The first-order valence-electron chi connectivity index (χ1n) is 12.5. The van der Waals surface area contributed by atoms with Crippen LogP contribution in [-0.4, -0.2) is 33.7 Å². The molecule has 0 fully saturated rings. The van der Waals surface area contributed by atoms with E-state index in [0.717, 1.165) is 11.6 Å². The largest absolute Gasteiger partial charge is 0.490 e. The molecule has 206 valence electrons. The van der Waals surface area contributed by atoms with Gasteiger partial charge in [0.05, 0.1) is 23.4 Å². The van der Waals surface area contributed by atoms with E-state index in [2.05, 4.69) is 10.5 Å². The second-order valence-corrected chi connectivity index (χ2v) is 10.3. The van der Waals surface area contributed by atoms with Gasteiger partial charge >= 0.3 is 0 Å². The van der Waals surface area contributed by atoms with Gasteiger partial charge in [0, 0.05) is 0 Å². The standard InChI is InChI=1S/C30H28FN3O5S/c1-2-38-29-19-24(17-18-28(29)39-22-23-11-5-3-6-12-23)20-32-33-30(35)21-34(27-16-10-9-15-26(27)31)40(36,37)25-13-7-4-8-14-25/h3-20H,2,21-22H2,1H3,(H,33,35)/b32-20-. The average molecular weight is 562 g/mol. The van der Waals surface area contributed by atoms with Gasteiger partial charge in [-0.15, -0.1) is 0 Å². The summed E-state index contributed by atoms with van der Waals surface area (Å²) in [4.78, 5) is 12.7. The van der Waals surface area contributed by atoms with Gasteiger partial charge in [-0.1, -0.05) is 60.7 Å². The quantitative estimate of drug-likeness (QED) is 0.191. The molecule has 0 saturated heterocycles. The number of sulfonamides is 1. The third-order valence-corrected chi connectivity index (χ3v) is 7.42. The molecule has 10 heteroatoms. The van der Waals surface area contributed by atoms with Crippen molar-refractivity contribution in [3.8, 4) is 11.5 Å². The van der Waals surface area contributed by atoms with E-state index >= 15 is 0 Å².